The van der Waals surface area contributed by atoms with Crippen molar-refractivity contribution < 1.29 is 0 Å². The van der Waals surface area contributed by atoms with Gasteiger partial charge in [-0.05, 0) is 81.6 Å². The van der Waals surface area contributed by atoms with Gasteiger partial charge in [0.1, 0.15) is 0 Å². The van der Waals surface area contributed by atoms with E-state index in [1.807, 2.05) is 0 Å². The van der Waals surface area contributed by atoms with Crippen molar-refractivity contribution in [2.24, 2.45) is 11.8 Å². The highest BCUT2D eigenvalue weighted by Crippen LogP contribution is 2.27. The van der Waals surface area contributed by atoms with Gasteiger partial charge in [-0.3, -0.25) is 0 Å². The van der Waals surface area contributed by atoms with Crippen LogP contribution in [0.3, 0.4) is 0 Å². The average Bonchev–Trinajstić information content (AvgIpc) is 2.50. The summed E-state index contributed by atoms with van der Waals surface area (Å²) in [6.07, 6.45) is 13.3. The molecule has 2 atom stereocenters. The third kappa shape index (κ3) is 6.87. The Kier molecular flexibility index (Phi) is 9.16. The molecule has 1 rings (SSSR count). The molecule has 2 heteroatoms. The van der Waals surface area contributed by atoms with Gasteiger partial charge < -0.3 is 10.3 Å². The molecule has 1 aliphatic rings. The molecule has 0 aromatic rings. The Hall–Kier alpha value is -1.15. The van der Waals surface area contributed by atoms with Crippen molar-refractivity contribution in [3.63, 3.8) is 0 Å². The number of nitrogens with one attached hydrogen (secondary N) is 1. The molecule has 0 bridgehead atoms. The zero-order chi connectivity index (χ0) is 17.2. The van der Waals surface area contributed by atoms with E-state index in [0.717, 1.165) is 44.3 Å². The first-order valence-corrected chi connectivity index (χ1v) is 9.28. The third-order valence-corrected chi connectivity index (χ3v) is 5.10. The summed E-state index contributed by atoms with van der Waals surface area (Å²) in [5.74, 6) is 0.940. The smallest absolute Gasteiger partial charge is 0.0597 e. The van der Waals surface area contributed by atoms with Crippen LogP contribution in [0.4, 0.5) is 0 Å². The van der Waals surface area contributed by atoms with Crippen molar-refractivity contribution in [1.29, 1.82) is 5.41 Å². The molecular weight excluding hydrogens is 280 g/mol. The van der Waals surface area contributed by atoms with Crippen molar-refractivity contribution >= 4 is 5.71 Å². The van der Waals surface area contributed by atoms with Gasteiger partial charge in [0, 0.05) is 0 Å². The molecule has 1 N–H and O–H groups in total. The first-order valence-electron chi connectivity index (χ1n) is 9.28. The van der Waals surface area contributed by atoms with Gasteiger partial charge in [0.25, 0.3) is 0 Å². The second-order valence-corrected chi connectivity index (χ2v) is 7.09. The van der Waals surface area contributed by atoms with E-state index in [9.17, 15) is 0 Å². The highest BCUT2D eigenvalue weighted by atomic mass is 15.1. The van der Waals surface area contributed by atoms with E-state index in [0.29, 0.717) is 17.5 Å². The summed E-state index contributed by atoms with van der Waals surface area (Å²) >= 11 is 0. The molecule has 1 aliphatic carbocycles. The Bertz CT molecular complexity index is 445. The fraction of sp³-hybridized carbons (Fsp3) is 0.667. The molecule has 0 saturated heterocycles. The molecule has 0 radical (unpaired) electrons. The summed E-state index contributed by atoms with van der Waals surface area (Å²) in [7, 11) is 2.20. The molecule has 0 amide bonds. The molecule has 130 valence electrons. The van der Waals surface area contributed by atoms with Gasteiger partial charge in [-0.1, -0.05) is 45.6 Å². The topological polar surface area (TPSA) is 27.1 Å². The largest absolute Gasteiger partial charge is 0.306 e. The summed E-state index contributed by atoms with van der Waals surface area (Å²) in [4.78, 5) is 2.40. The van der Waals surface area contributed by atoms with Crippen LogP contribution in [0, 0.1) is 17.2 Å². The van der Waals surface area contributed by atoms with Crippen LogP contribution in [-0.4, -0.2) is 30.7 Å². The van der Waals surface area contributed by atoms with Gasteiger partial charge in [-0.2, -0.15) is 0 Å². The zero-order valence-electron chi connectivity index (χ0n) is 15.7. The molecule has 0 spiro atoms. The van der Waals surface area contributed by atoms with Crippen molar-refractivity contribution in [1.82, 2.24) is 4.90 Å². The lowest BCUT2D eigenvalue weighted by atomic mass is 9.82. The van der Waals surface area contributed by atoms with Crippen molar-refractivity contribution in [3.8, 4) is 0 Å². The SMILES string of the molecule is C=C(C(=N)C1=CCC=CCCC1)C(C)C(C)CCN(C)CCC. The van der Waals surface area contributed by atoms with E-state index >= 15 is 0 Å². The number of hydrogen-bond acceptors (Lipinski definition) is 2. The van der Waals surface area contributed by atoms with Gasteiger partial charge in [-0.25, -0.2) is 0 Å². The maximum Gasteiger partial charge on any atom is 0.0597 e. The maximum atomic E-state index is 8.56. The standard InChI is InChI=1S/C21H36N2/c1-6-15-23(5)16-14-17(2)18(3)19(4)21(22)20-12-10-8-7-9-11-13-20/h7-8,12,17-18,22H,4,6,9-11,13-16H2,1-3,5H3. The molecule has 0 fully saturated rings. The highest BCUT2D eigenvalue weighted by molar-refractivity contribution is 6.10. The van der Waals surface area contributed by atoms with E-state index in [2.05, 4.69) is 57.5 Å². The third-order valence-electron chi connectivity index (χ3n) is 5.10. The number of allylic oxidation sites excluding steroid dienone is 5. The van der Waals surface area contributed by atoms with Crippen LogP contribution in [0.15, 0.2) is 36.0 Å². The fourth-order valence-electron chi connectivity index (χ4n) is 3.11. The monoisotopic (exact) mass is 316 g/mol. The second-order valence-electron chi connectivity index (χ2n) is 7.09. The van der Waals surface area contributed by atoms with E-state index in [1.54, 1.807) is 0 Å². The fourth-order valence-corrected chi connectivity index (χ4v) is 3.11. The van der Waals surface area contributed by atoms with Gasteiger partial charge in [0.2, 0.25) is 0 Å². The summed E-state index contributed by atoms with van der Waals surface area (Å²) < 4.78 is 0. The Balaban J connectivity index is 2.56. The molecule has 0 aliphatic heterocycles. The Morgan fingerprint density at radius 3 is 2.74 bits per heavy atom. The lowest BCUT2D eigenvalue weighted by Gasteiger charge is -2.26. The van der Waals surface area contributed by atoms with E-state index in [1.165, 1.54) is 18.4 Å². The Labute approximate surface area is 143 Å². The van der Waals surface area contributed by atoms with Crippen LogP contribution in [0.25, 0.3) is 0 Å². The number of hydrogen-bond donors (Lipinski definition) is 1. The minimum absolute atomic E-state index is 0.374. The molecule has 23 heavy (non-hydrogen) atoms. The molecule has 2 nitrogen and oxygen atoms in total. The summed E-state index contributed by atoms with van der Waals surface area (Å²) in [5.41, 5.74) is 2.91. The quantitative estimate of drug-likeness (QED) is 0.433. The molecule has 0 aromatic heterocycles. The Morgan fingerprint density at radius 1 is 1.30 bits per heavy atom. The molecule has 0 aromatic carbocycles. The van der Waals surface area contributed by atoms with E-state index in [-0.39, 0.29) is 0 Å². The van der Waals surface area contributed by atoms with E-state index in [4.69, 9.17) is 5.41 Å². The molecular formula is C21H36N2. The van der Waals surface area contributed by atoms with Crippen LogP contribution >= 0.6 is 0 Å². The number of rotatable bonds is 9. The molecule has 2 unspecified atom stereocenters. The average molecular weight is 317 g/mol. The maximum absolute atomic E-state index is 8.56. The Morgan fingerprint density at radius 2 is 2.04 bits per heavy atom. The molecule has 0 heterocycles. The van der Waals surface area contributed by atoms with Gasteiger partial charge in [-0.15, -0.1) is 0 Å². The van der Waals surface area contributed by atoms with Gasteiger partial charge >= 0.3 is 0 Å². The minimum Gasteiger partial charge on any atom is -0.306 e. The van der Waals surface area contributed by atoms with Gasteiger partial charge in [0.15, 0.2) is 0 Å². The lowest BCUT2D eigenvalue weighted by Crippen LogP contribution is -2.25. The van der Waals surface area contributed by atoms with Crippen LogP contribution in [-0.2, 0) is 0 Å². The summed E-state index contributed by atoms with van der Waals surface area (Å²) in [6.45, 7) is 13.3. The second kappa shape index (κ2) is 10.6. The summed E-state index contributed by atoms with van der Waals surface area (Å²) in [5, 5.41) is 8.56. The highest BCUT2D eigenvalue weighted by Gasteiger charge is 2.20. The van der Waals surface area contributed by atoms with Crippen LogP contribution in [0.1, 0.15) is 59.3 Å². The normalized spacial score (nSPS) is 18.0. The van der Waals surface area contributed by atoms with E-state index < -0.39 is 0 Å². The van der Waals surface area contributed by atoms with Crippen molar-refractivity contribution in [3.05, 3.63) is 36.0 Å². The van der Waals surface area contributed by atoms with Crippen LogP contribution in [0.2, 0.25) is 0 Å². The predicted octanol–water partition coefficient (Wildman–Crippen LogP) is 5.62. The van der Waals surface area contributed by atoms with Crippen LogP contribution in [0.5, 0.6) is 0 Å². The van der Waals surface area contributed by atoms with Crippen molar-refractivity contribution in [2.75, 3.05) is 20.1 Å². The van der Waals surface area contributed by atoms with Crippen molar-refractivity contribution in [2.45, 2.75) is 59.3 Å². The van der Waals surface area contributed by atoms with Gasteiger partial charge in [0.05, 0.1) is 5.71 Å². The lowest BCUT2D eigenvalue weighted by molar-refractivity contribution is 0.287. The summed E-state index contributed by atoms with van der Waals surface area (Å²) in [6, 6.07) is 0. The first-order chi connectivity index (χ1) is 11.0. The first kappa shape index (κ1) is 19.9. The number of nitrogens with zero attached hydrogens (tertiary/aromatic N) is 1. The zero-order valence-corrected chi connectivity index (χ0v) is 15.7. The molecule has 0 saturated carbocycles. The minimum atomic E-state index is 0.374. The predicted molar refractivity (Wildman–Crippen MR) is 103 cm³/mol. The van der Waals surface area contributed by atoms with Crippen LogP contribution < -0.4 is 0 Å².